The molecule has 0 unspecified atom stereocenters. The molecule has 0 aliphatic carbocycles. The van der Waals surface area contributed by atoms with Gasteiger partial charge < -0.3 is 1.43 Å². The van der Waals surface area contributed by atoms with Gasteiger partial charge in [-0.15, -0.1) is 0 Å². The number of hydrogen-bond donors (Lipinski definition) is 2. The Bertz CT molecular complexity index is 1660. The molecule has 4 aromatic carbocycles. The van der Waals surface area contributed by atoms with Crippen molar-refractivity contribution < 1.29 is 56.9 Å². The molecule has 4 aromatic rings. The predicted octanol–water partition coefficient (Wildman–Crippen LogP) is 3.30. The second-order valence-electron chi connectivity index (χ2n) is 7.89. The largest absolute Gasteiger partial charge is 1.00 e. The number of benzene rings is 4. The molecule has 0 saturated heterocycles. The SMILES string of the molecule is O=S(=O)(O)c1c(-c2ccccc2)cc(C=Cc2ccccc2)c(C=Cc2ccccc2)c1S(=O)(=O)O.[H-].[Na+]. The molecule has 0 heterocycles. The van der Waals surface area contributed by atoms with Gasteiger partial charge in [-0.3, -0.25) is 9.11 Å². The summed E-state index contributed by atoms with van der Waals surface area (Å²) in [5.41, 5.74) is 2.07. The van der Waals surface area contributed by atoms with Crippen LogP contribution in [-0.4, -0.2) is 25.9 Å². The van der Waals surface area contributed by atoms with Gasteiger partial charge in [-0.05, 0) is 28.3 Å². The first-order valence-electron chi connectivity index (χ1n) is 10.8. The Hall–Kier alpha value is -2.82. The van der Waals surface area contributed by atoms with Crippen LogP contribution in [0.3, 0.4) is 0 Å². The summed E-state index contributed by atoms with van der Waals surface area (Å²) in [6, 6.07) is 27.9. The van der Waals surface area contributed by atoms with Crippen LogP contribution in [0.1, 0.15) is 23.7 Å². The topological polar surface area (TPSA) is 109 Å². The van der Waals surface area contributed by atoms with Gasteiger partial charge in [-0.1, -0.05) is 115 Å². The Labute approximate surface area is 240 Å². The molecule has 0 radical (unpaired) electrons. The summed E-state index contributed by atoms with van der Waals surface area (Å²) in [5.74, 6) is 0. The zero-order valence-corrected chi connectivity index (χ0v) is 23.5. The fraction of sp³-hybridized carbons (Fsp3) is 0. The van der Waals surface area contributed by atoms with Crippen LogP contribution in [0.25, 0.3) is 35.4 Å². The van der Waals surface area contributed by atoms with E-state index in [2.05, 4.69) is 0 Å². The summed E-state index contributed by atoms with van der Waals surface area (Å²) >= 11 is 0. The normalized spacial score (nSPS) is 12.1. The van der Waals surface area contributed by atoms with Crippen molar-refractivity contribution in [1.29, 1.82) is 0 Å². The average molecular weight is 543 g/mol. The standard InChI is InChI=1S/C28H22O6S2.Na.H/c29-35(30,31)27-25(19-17-22-12-6-2-7-13-22)24(18-16-21-10-4-1-5-11-21)20-26(28(27)36(32,33)34)23-14-8-3-9-15-23;;/h1-20H,(H,29,30,31)(H,32,33,34);;/q;+1;-1. The predicted molar refractivity (Wildman–Crippen MR) is 143 cm³/mol. The van der Waals surface area contributed by atoms with Gasteiger partial charge in [-0.25, -0.2) is 0 Å². The molecule has 0 fully saturated rings. The Kier molecular flexibility index (Phi) is 9.44. The van der Waals surface area contributed by atoms with E-state index in [0.717, 1.165) is 11.1 Å². The molecule has 4 rings (SSSR count). The van der Waals surface area contributed by atoms with Crippen molar-refractivity contribution in [2.75, 3.05) is 0 Å². The Balaban J connectivity index is 0.00000253. The first kappa shape index (κ1) is 28.7. The fourth-order valence-electron chi connectivity index (χ4n) is 3.82. The zero-order chi connectivity index (χ0) is 25.8. The van der Waals surface area contributed by atoms with E-state index in [0.29, 0.717) is 11.1 Å². The fourth-order valence-corrected chi connectivity index (χ4v) is 6.06. The van der Waals surface area contributed by atoms with Crippen molar-refractivity contribution in [2.24, 2.45) is 0 Å². The summed E-state index contributed by atoms with van der Waals surface area (Å²) in [6.07, 6.45) is 6.38. The summed E-state index contributed by atoms with van der Waals surface area (Å²) in [7, 11) is -10.2. The van der Waals surface area contributed by atoms with Crippen LogP contribution in [0.2, 0.25) is 0 Å². The first-order valence-corrected chi connectivity index (χ1v) is 13.7. The molecule has 37 heavy (non-hydrogen) atoms. The quantitative estimate of drug-likeness (QED) is 0.211. The average Bonchev–Trinajstić information content (AvgIpc) is 2.86. The van der Waals surface area contributed by atoms with Crippen molar-refractivity contribution >= 4 is 44.5 Å². The molecule has 0 bridgehead atoms. The van der Waals surface area contributed by atoms with Crippen LogP contribution in [0, 0.1) is 0 Å². The molecule has 0 spiro atoms. The van der Waals surface area contributed by atoms with Crippen LogP contribution < -0.4 is 29.6 Å². The minimum absolute atomic E-state index is 0. The van der Waals surface area contributed by atoms with Gasteiger partial charge >= 0.3 is 29.6 Å². The summed E-state index contributed by atoms with van der Waals surface area (Å²) in [6.45, 7) is 0. The molecular formula is C28H23NaO6S2. The van der Waals surface area contributed by atoms with Crippen LogP contribution in [-0.2, 0) is 20.2 Å². The Morgan fingerprint density at radius 3 is 1.46 bits per heavy atom. The third kappa shape index (κ3) is 7.15. The van der Waals surface area contributed by atoms with E-state index in [1.165, 1.54) is 12.1 Å². The summed E-state index contributed by atoms with van der Waals surface area (Å²) in [5, 5.41) is 0. The van der Waals surface area contributed by atoms with E-state index in [9.17, 15) is 25.9 Å². The number of rotatable bonds is 7. The van der Waals surface area contributed by atoms with E-state index in [-0.39, 0.29) is 42.1 Å². The first-order chi connectivity index (χ1) is 17.1. The molecular weight excluding hydrogens is 519 g/mol. The molecule has 0 atom stereocenters. The van der Waals surface area contributed by atoms with Gasteiger partial charge in [0.05, 0.1) is 0 Å². The van der Waals surface area contributed by atoms with E-state index in [1.54, 1.807) is 72.8 Å². The smallest absolute Gasteiger partial charge is 1.00 e. The van der Waals surface area contributed by atoms with Crippen LogP contribution in [0.5, 0.6) is 0 Å². The van der Waals surface area contributed by atoms with Crippen LogP contribution >= 0.6 is 0 Å². The second-order valence-corrected chi connectivity index (χ2v) is 10.6. The molecule has 0 aliphatic rings. The van der Waals surface area contributed by atoms with Gasteiger partial charge in [0.2, 0.25) is 0 Å². The van der Waals surface area contributed by atoms with E-state index in [1.807, 2.05) is 36.4 Å². The van der Waals surface area contributed by atoms with Crippen LogP contribution in [0.15, 0.2) is 107 Å². The maximum atomic E-state index is 12.7. The third-order valence-corrected chi connectivity index (χ3v) is 7.41. The van der Waals surface area contributed by atoms with Gasteiger partial charge in [0, 0.05) is 11.1 Å². The van der Waals surface area contributed by atoms with Gasteiger partial charge in [0.15, 0.2) is 0 Å². The minimum atomic E-state index is -5.11. The molecule has 184 valence electrons. The van der Waals surface area contributed by atoms with Crippen molar-refractivity contribution in [2.45, 2.75) is 9.79 Å². The van der Waals surface area contributed by atoms with Crippen molar-refractivity contribution in [3.8, 4) is 11.1 Å². The van der Waals surface area contributed by atoms with E-state index < -0.39 is 30.0 Å². The minimum Gasteiger partial charge on any atom is -1.00 e. The van der Waals surface area contributed by atoms with Gasteiger partial charge in [0.25, 0.3) is 20.2 Å². The zero-order valence-electron chi connectivity index (χ0n) is 20.9. The molecule has 0 aromatic heterocycles. The third-order valence-electron chi connectivity index (χ3n) is 5.40. The maximum Gasteiger partial charge on any atom is 1.00 e. The van der Waals surface area contributed by atoms with Crippen molar-refractivity contribution in [1.82, 2.24) is 0 Å². The monoisotopic (exact) mass is 542 g/mol. The molecule has 0 saturated carbocycles. The van der Waals surface area contributed by atoms with Crippen LogP contribution in [0.4, 0.5) is 0 Å². The molecule has 9 heteroatoms. The maximum absolute atomic E-state index is 12.7. The number of hydrogen-bond acceptors (Lipinski definition) is 4. The van der Waals surface area contributed by atoms with Crippen molar-refractivity contribution in [3.05, 3.63) is 119 Å². The Morgan fingerprint density at radius 1 is 0.568 bits per heavy atom. The Morgan fingerprint density at radius 2 is 1.00 bits per heavy atom. The van der Waals surface area contributed by atoms with Gasteiger partial charge in [0.1, 0.15) is 9.79 Å². The molecule has 6 nitrogen and oxygen atoms in total. The van der Waals surface area contributed by atoms with E-state index in [4.69, 9.17) is 0 Å². The summed E-state index contributed by atoms with van der Waals surface area (Å²) < 4.78 is 70.8. The molecule has 2 N–H and O–H groups in total. The van der Waals surface area contributed by atoms with Crippen molar-refractivity contribution in [3.63, 3.8) is 0 Å². The second kappa shape index (κ2) is 12.1. The molecule has 0 aliphatic heterocycles. The molecule has 0 amide bonds. The van der Waals surface area contributed by atoms with E-state index >= 15 is 0 Å². The van der Waals surface area contributed by atoms with Gasteiger partial charge in [-0.2, -0.15) is 16.8 Å². The summed E-state index contributed by atoms with van der Waals surface area (Å²) in [4.78, 5) is -1.79.